The molecular weight excluding hydrogens is 627 g/mol. The first-order chi connectivity index (χ1) is 25.3. The average Bonchev–Trinajstić information content (AvgIpc) is 3.85. The monoisotopic (exact) mass is 653 g/mol. The summed E-state index contributed by atoms with van der Waals surface area (Å²) in [4.78, 5) is 15.2. The van der Waals surface area contributed by atoms with Crippen molar-refractivity contribution in [1.29, 1.82) is 0 Å². The van der Waals surface area contributed by atoms with E-state index in [0.29, 0.717) is 17.6 Å². The predicted molar refractivity (Wildman–Crippen MR) is 207 cm³/mol. The summed E-state index contributed by atoms with van der Waals surface area (Å²) in [6.07, 6.45) is 0. The highest BCUT2D eigenvalue weighted by atomic mass is 16.3. The maximum absolute atomic E-state index is 6.68. The molecule has 0 atom stereocenters. The molecule has 51 heavy (non-hydrogen) atoms. The molecule has 0 bridgehead atoms. The molecule has 0 radical (unpaired) electrons. The topological polar surface area (TPSA) is 61.7 Å². The van der Waals surface area contributed by atoms with Crippen LogP contribution in [0.5, 0.6) is 0 Å². The molecule has 0 saturated carbocycles. The Morgan fingerprint density at radius 3 is 1.55 bits per heavy atom. The van der Waals surface area contributed by atoms with Crippen LogP contribution < -0.4 is 0 Å². The van der Waals surface area contributed by atoms with Crippen LogP contribution >= 0.6 is 0 Å². The Hall–Kier alpha value is -7.05. The molecule has 4 heterocycles. The highest BCUT2D eigenvalue weighted by Crippen LogP contribution is 2.42. The zero-order chi connectivity index (χ0) is 33.5. The molecule has 11 aromatic rings. The molecule has 0 aliphatic heterocycles. The van der Waals surface area contributed by atoms with E-state index in [1.165, 1.54) is 21.8 Å². The summed E-state index contributed by atoms with van der Waals surface area (Å²) in [5, 5.41) is 6.82. The number of furan rings is 1. The molecule has 0 aliphatic rings. The molecule has 4 aromatic heterocycles. The van der Waals surface area contributed by atoms with Gasteiger partial charge in [0.15, 0.2) is 11.6 Å². The van der Waals surface area contributed by atoms with E-state index in [-0.39, 0.29) is 0 Å². The molecule has 6 heteroatoms. The van der Waals surface area contributed by atoms with E-state index in [0.717, 1.165) is 60.6 Å². The maximum Gasteiger partial charge on any atom is 0.238 e. The van der Waals surface area contributed by atoms with Crippen molar-refractivity contribution >= 4 is 65.6 Å². The van der Waals surface area contributed by atoms with Gasteiger partial charge in [-0.05, 0) is 42.5 Å². The second-order valence-corrected chi connectivity index (χ2v) is 12.9. The molecule has 0 aliphatic carbocycles. The van der Waals surface area contributed by atoms with Crippen LogP contribution in [0.4, 0.5) is 0 Å². The first-order valence-corrected chi connectivity index (χ1v) is 17.0. The van der Waals surface area contributed by atoms with E-state index in [1.54, 1.807) is 0 Å². The van der Waals surface area contributed by atoms with E-state index in [4.69, 9.17) is 19.4 Å². The number of fused-ring (bicyclic) bond motifs is 10. The van der Waals surface area contributed by atoms with Gasteiger partial charge in [-0.25, -0.2) is 4.98 Å². The molecule has 7 aromatic carbocycles. The summed E-state index contributed by atoms with van der Waals surface area (Å²) in [6.45, 7) is 0. The van der Waals surface area contributed by atoms with Gasteiger partial charge < -0.3 is 8.98 Å². The molecular formula is C45H27N5O. The van der Waals surface area contributed by atoms with Gasteiger partial charge in [-0.3, -0.25) is 4.57 Å². The summed E-state index contributed by atoms with van der Waals surface area (Å²) in [7, 11) is 0. The minimum Gasteiger partial charge on any atom is -0.456 e. The van der Waals surface area contributed by atoms with Crippen LogP contribution in [0.15, 0.2) is 168 Å². The van der Waals surface area contributed by atoms with Crippen molar-refractivity contribution in [3.63, 3.8) is 0 Å². The summed E-state index contributed by atoms with van der Waals surface area (Å²) < 4.78 is 11.2. The van der Waals surface area contributed by atoms with Crippen molar-refractivity contribution in [1.82, 2.24) is 24.1 Å². The van der Waals surface area contributed by atoms with Crippen molar-refractivity contribution in [3.05, 3.63) is 164 Å². The standard InChI is InChI=1S/C45H27N5O/c1-3-13-28(14-4-1)43-46-44(29-15-5-2-6-16-29)48-45(47-43)50-37-22-12-9-19-33(37)41-38(50)25-26-39-42(41)34-24-23-30(27-40(34)51-39)49-35-20-10-7-17-31(35)32-18-8-11-21-36(32)49/h1-27H. The van der Waals surface area contributed by atoms with Crippen molar-refractivity contribution in [2.45, 2.75) is 0 Å². The van der Waals surface area contributed by atoms with E-state index < -0.39 is 0 Å². The van der Waals surface area contributed by atoms with Crippen molar-refractivity contribution < 1.29 is 4.42 Å². The summed E-state index contributed by atoms with van der Waals surface area (Å²) in [6, 6.07) is 56.6. The van der Waals surface area contributed by atoms with Crippen LogP contribution in [-0.2, 0) is 0 Å². The number of hydrogen-bond acceptors (Lipinski definition) is 4. The number of benzene rings is 7. The van der Waals surface area contributed by atoms with Gasteiger partial charge in [0, 0.05) is 55.2 Å². The van der Waals surface area contributed by atoms with E-state index in [2.05, 4.69) is 112 Å². The lowest BCUT2D eigenvalue weighted by molar-refractivity contribution is 0.669. The van der Waals surface area contributed by atoms with Crippen LogP contribution in [-0.4, -0.2) is 24.1 Å². The Kier molecular flexibility index (Phi) is 5.86. The van der Waals surface area contributed by atoms with Gasteiger partial charge in [-0.15, -0.1) is 0 Å². The largest absolute Gasteiger partial charge is 0.456 e. The van der Waals surface area contributed by atoms with Gasteiger partial charge in [0.25, 0.3) is 0 Å². The maximum atomic E-state index is 6.68. The fourth-order valence-corrected chi connectivity index (χ4v) is 7.77. The van der Waals surface area contributed by atoms with Crippen LogP contribution in [0.2, 0.25) is 0 Å². The van der Waals surface area contributed by atoms with Gasteiger partial charge in [-0.2, -0.15) is 9.97 Å². The molecule has 0 amide bonds. The molecule has 0 unspecified atom stereocenters. The van der Waals surface area contributed by atoms with E-state index in [9.17, 15) is 0 Å². The van der Waals surface area contributed by atoms with Gasteiger partial charge in [0.2, 0.25) is 5.95 Å². The summed E-state index contributed by atoms with van der Waals surface area (Å²) in [5.74, 6) is 1.81. The third kappa shape index (κ3) is 4.14. The lowest BCUT2D eigenvalue weighted by Gasteiger charge is -2.10. The Balaban J connectivity index is 1.18. The fraction of sp³-hybridized carbons (Fsp3) is 0. The normalized spacial score (nSPS) is 11.9. The number of aromatic nitrogens is 5. The Morgan fingerprint density at radius 2 is 0.922 bits per heavy atom. The highest BCUT2D eigenvalue weighted by molar-refractivity contribution is 6.27. The van der Waals surface area contributed by atoms with Crippen LogP contribution in [0.3, 0.4) is 0 Å². The number of hydrogen-bond donors (Lipinski definition) is 0. The van der Waals surface area contributed by atoms with E-state index >= 15 is 0 Å². The Bertz CT molecular complexity index is 3030. The van der Waals surface area contributed by atoms with Gasteiger partial charge >= 0.3 is 0 Å². The average molecular weight is 654 g/mol. The van der Waals surface area contributed by atoms with Gasteiger partial charge in [-0.1, -0.05) is 115 Å². The first kappa shape index (κ1) is 27.9. The summed E-state index contributed by atoms with van der Waals surface area (Å²) >= 11 is 0. The smallest absolute Gasteiger partial charge is 0.238 e. The molecule has 0 spiro atoms. The number of para-hydroxylation sites is 3. The van der Waals surface area contributed by atoms with Gasteiger partial charge in [0.1, 0.15) is 11.2 Å². The first-order valence-electron chi connectivity index (χ1n) is 17.0. The second-order valence-electron chi connectivity index (χ2n) is 12.9. The third-order valence-corrected chi connectivity index (χ3v) is 9.98. The number of rotatable bonds is 4. The van der Waals surface area contributed by atoms with Gasteiger partial charge in [0.05, 0.1) is 22.1 Å². The zero-order valence-electron chi connectivity index (χ0n) is 27.2. The zero-order valence-corrected chi connectivity index (χ0v) is 27.2. The predicted octanol–water partition coefficient (Wildman–Crippen LogP) is 11.3. The minimum atomic E-state index is 0.565. The number of nitrogens with zero attached hydrogens (tertiary/aromatic N) is 5. The van der Waals surface area contributed by atoms with Crippen molar-refractivity contribution in [2.24, 2.45) is 0 Å². The molecule has 0 fully saturated rings. The van der Waals surface area contributed by atoms with Crippen molar-refractivity contribution in [3.8, 4) is 34.4 Å². The molecule has 238 valence electrons. The molecule has 0 N–H and O–H groups in total. The van der Waals surface area contributed by atoms with E-state index in [1.807, 2.05) is 60.7 Å². The second kappa shape index (κ2) is 10.7. The van der Waals surface area contributed by atoms with Crippen LogP contribution in [0, 0.1) is 0 Å². The lowest BCUT2D eigenvalue weighted by atomic mass is 10.1. The Morgan fingerprint density at radius 1 is 0.373 bits per heavy atom. The highest BCUT2D eigenvalue weighted by Gasteiger charge is 2.22. The SMILES string of the molecule is c1ccc(-c2nc(-c3ccccc3)nc(-n3c4ccccc4c4c5c(ccc43)oc3cc(-n4c6ccccc6c6ccccc64)ccc35)n2)cc1. The molecule has 6 nitrogen and oxygen atoms in total. The quantitative estimate of drug-likeness (QED) is 0.190. The summed E-state index contributed by atoms with van der Waals surface area (Å²) in [5.41, 5.74) is 8.95. The molecule has 11 rings (SSSR count). The fourth-order valence-electron chi connectivity index (χ4n) is 7.77. The van der Waals surface area contributed by atoms with Crippen molar-refractivity contribution in [2.75, 3.05) is 0 Å². The third-order valence-electron chi connectivity index (χ3n) is 9.98. The lowest BCUT2D eigenvalue weighted by Crippen LogP contribution is -2.06. The Labute approximate surface area is 291 Å². The van der Waals surface area contributed by atoms with Crippen LogP contribution in [0.25, 0.3) is 100.0 Å². The van der Waals surface area contributed by atoms with Crippen LogP contribution in [0.1, 0.15) is 0 Å². The minimum absolute atomic E-state index is 0.565. The molecule has 0 saturated heterocycles.